The Morgan fingerprint density at radius 1 is 1.00 bits per heavy atom. The van der Waals surface area contributed by atoms with Gasteiger partial charge in [0.05, 0.1) is 12.4 Å². The third kappa shape index (κ3) is 7.72. The highest BCUT2D eigenvalue weighted by molar-refractivity contribution is 5.92. The van der Waals surface area contributed by atoms with Crippen molar-refractivity contribution in [3.63, 3.8) is 0 Å². The first-order chi connectivity index (χ1) is 15.2. The molecule has 2 rings (SSSR count). The summed E-state index contributed by atoms with van der Waals surface area (Å²) >= 11 is 0. The number of H-pyrrole nitrogens is 1. The highest BCUT2D eigenvalue weighted by atomic mass is 16.4. The summed E-state index contributed by atoms with van der Waals surface area (Å²) in [5.74, 6) is -3.98. The van der Waals surface area contributed by atoms with Gasteiger partial charge in [-0.1, -0.05) is 12.1 Å². The average molecular weight is 447 g/mol. The van der Waals surface area contributed by atoms with Crippen LogP contribution in [0.15, 0.2) is 36.8 Å². The van der Waals surface area contributed by atoms with Gasteiger partial charge in [-0.15, -0.1) is 0 Å². The van der Waals surface area contributed by atoms with Crippen molar-refractivity contribution in [2.75, 3.05) is 0 Å². The van der Waals surface area contributed by atoms with Gasteiger partial charge < -0.3 is 36.7 Å². The number of carbonyl (C=O) groups excluding carboxylic acids is 2. The molecule has 0 spiro atoms. The minimum absolute atomic E-state index is 0.0558. The van der Waals surface area contributed by atoms with Crippen molar-refractivity contribution in [1.29, 1.82) is 0 Å². The summed E-state index contributed by atoms with van der Waals surface area (Å²) in [6.07, 6.45) is 2.12. The highest BCUT2D eigenvalue weighted by Gasteiger charge is 2.28. The largest absolute Gasteiger partial charge is 0.508 e. The molecule has 3 unspecified atom stereocenters. The number of imidazole rings is 1. The molecule has 0 aliphatic carbocycles. The van der Waals surface area contributed by atoms with Crippen LogP contribution in [-0.4, -0.2) is 67.2 Å². The predicted octanol–water partition coefficient (Wildman–Crippen LogP) is -0.853. The second-order valence-corrected chi connectivity index (χ2v) is 7.15. The van der Waals surface area contributed by atoms with Crippen molar-refractivity contribution in [2.45, 2.75) is 43.8 Å². The summed E-state index contributed by atoms with van der Waals surface area (Å²) in [6, 6.07) is 2.38. The summed E-state index contributed by atoms with van der Waals surface area (Å²) in [5, 5.41) is 32.4. The van der Waals surface area contributed by atoms with E-state index < -0.39 is 48.3 Å². The lowest BCUT2D eigenvalue weighted by molar-refractivity contribution is -0.143. The molecule has 32 heavy (non-hydrogen) atoms. The van der Waals surface area contributed by atoms with Gasteiger partial charge >= 0.3 is 11.9 Å². The summed E-state index contributed by atoms with van der Waals surface area (Å²) in [4.78, 5) is 54.2. The van der Waals surface area contributed by atoms with Crippen LogP contribution in [0.3, 0.4) is 0 Å². The van der Waals surface area contributed by atoms with Crippen molar-refractivity contribution in [2.24, 2.45) is 5.73 Å². The fourth-order valence-corrected chi connectivity index (χ4v) is 2.88. The molecule has 0 bridgehead atoms. The lowest BCUT2D eigenvalue weighted by atomic mass is 10.0. The number of aliphatic carboxylic acids is 2. The number of benzene rings is 1. The number of carbonyl (C=O) groups is 4. The van der Waals surface area contributed by atoms with Crippen LogP contribution in [0, 0.1) is 0 Å². The SMILES string of the molecule is NC(Cc1ccc(O)cc1)C(=O)NC(CCC(=O)O)C(=O)NC(Cc1cnc[nH]1)C(=O)O. The van der Waals surface area contributed by atoms with E-state index in [1.807, 2.05) is 0 Å². The van der Waals surface area contributed by atoms with Crippen LogP contribution in [-0.2, 0) is 32.0 Å². The van der Waals surface area contributed by atoms with E-state index in [-0.39, 0.29) is 25.0 Å². The van der Waals surface area contributed by atoms with Gasteiger partial charge in [0.2, 0.25) is 11.8 Å². The number of phenols is 1. The molecular weight excluding hydrogens is 422 g/mol. The van der Waals surface area contributed by atoms with Gasteiger partial charge in [0, 0.05) is 24.7 Å². The first-order valence-corrected chi connectivity index (χ1v) is 9.71. The molecule has 2 aromatic rings. The maximum absolute atomic E-state index is 12.7. The summed E-state index contributed by atoms with van der Waals surface area (Å²) in [7, 11) is 0. The molecule has 0 saturated carbocycles. The van der Waals surface area contributed by atoms with Crippen LogP contribution in [0.4, 0.5) is 0 Å². The fraction of sp³-hybridized carbons (Fsp3) is 0.350. The first kappa shape index (κ1) is 24.3. The molecule has 0 saturated heterocycles. The monoisotopic (exact) mass is 447 g/mol. The predicted molar refractivity (Wildman–Crippen MR) is 110 cm³/mol. The van der Waals surface area contributed by atoms with Crippen LogP contribution in [0.5, 0.6) is 5.75 Å². The summed E-state index contributed by atoms with van der Waals surface area (Å²) < 4.78 is 0. The summed E-state index contributed by atoms with van der Waals surface area (Å²) in [6.45, 7) is 0. The van der Waals surface area contributed by atoms with E-state index in [9.17, 15) is 29.4 Å². The zero-order valence-corrected chi connectivity index (χ0v) is 17.0. The maximum atomic E-state index is 12.7. The molecule has 12 heteroatoms. The number of nitrogens with zero attached hydrogens (tertiary/aromatic N) is 1. The number of carboxylic acids is 2. The number of carboxylic acid groups (broad SMARTS) is 2. The Labute approximate surface area is 182 Å². The lowest BCUT2D eigenvalue weighted by Crippen LogP contribution is -2.55. The second kappa shape index (κ2) is 11.5. The van der Waals surface area contributed by atoms with Crippen LogP contribution in [0.25, 0.3) is 0 Å². The molecule has 2 amide bonds. The van der Waals surface area contributed by atoms with Crippen LogP contribution in [0.2, 0.25) is 0 Å². The van der Waals surface area contributed by atoms with E-state index in [0.717, 1.165) is 0 Å². The van der Waals surface area contributed by atoms with Crippen molar-refractivity contribution in [3.8, 4) is 5.75 Å². The zero-order valence-electron chi connectivity index (χ0n) is 17.0. The molecule has 172 valence electrons. The molecule has 0 aliphatic heterocycles. The number of aromatic amines is 1. The Morgan fingerprint density at radius 3 is 2.22 bits per heavy atom. The van der Waals surface area contributed by atoms with Gasteiger partial charge in [0.15, 0.2) is 0 Å². The minimum atomic E-state index is -1.32. The highest BCUT2D eigenvalue weighted by Crippen LogP contribution is 2.11. The van der Waals surface area contributed by atoms with Gasteiger partial charge in [0.25, 0.3) is 0 Å². The Hall–Kier alpha value is -3.93. The van der Waals surface area contributed by atoms with E-state index in [0.29, 0.717) is 11.3 Å². The lowest BCUT2D eigenvalue weighted by Gasteiger charge is -2.22. The third-order valence-corrected chi connectivity index (χ3v) is 4.60. The van der Waals surface area contributed by atoms with E-state index in [1.54, 1.807) is 12.1 Å². The maximum Gasteiger partial charge on any atom is 0.326 e. The van der Waals surface area contributed by atoms with Crippen molar-refractivity contribution >= 4 is 23.8 Å². The molecule has 1 heterocycles. The molecule has 0 fully saturated rings. The summed E-state index contributed by atoms with van der Waals surface area (Å²) in [5.41, 5.74) is 7.04. The molecule has 1 aromatic carbocycles. The van der Waals surface area contributed by atoms with Crippen LogP contribution >= 0.6 is 0 Å². The van der Waals surface area contributed by atoms with E-state index >= 15 is 0 Å². The first-order valence-electron chi connectivity index (χ1n) is 9.71. The van der Waals surface area contributed by atoms with Crippen LogP contribution in [0.1, 0.15) is 24.1 Å². The number of rotatable bonds is 12. The Bertz CT molecular complexity index is 930. The van der Waals surface area contributed by atoms with E-state index in [4.69, 9.17) is 10.8 Å². The Balaban J connectivity index is 2.04. The molecule has 3 atom stereocenters. The molecule has 8 N–H and O–H groups in total. The Kier molecular flexibility index (Phi) is 8.72. The second-order valence-electron chi connectivity index (χ2n) is 7.15. The normalized spacial score (nSPS) is 13.5. The van der Waals surface area contributed by atoms with Gasteiger partial charge in [-0.05, 0) is 30.5 Å². The topological polar surface area (TPSA) is 208 Å². The standard InChI is InChI=1S/C20H25N5O7/c21-14(7-11-1-3-13(26)4-2-11)18(29)24-15(5-6-17(27)28)19(30)25-16(20(31)32)8-12-9-22-10-23-12/h1-4,9-10,14-16,26H,5-8,21H2,(H,22,23)(H,24,29)(H,25,30)(H,27,28)(H,31,32). The molecule has 0 aliphatic rings. The van der Waals surface area contributed by atoms with Crippen molar-refractivity contribution in [1.82, 2.24) is 20.6 Å². The third-order valence-electron chi connectivity index (χ3n) is 4.60. The molecule has 1 aromatic heterocycles. The fourth-order valence-electron chi connectivity index (χ4n) is 2.88. The molecule has 0 radical (unpaired) electrons. The van der Waals surface area contributed by atoms with E-state index in [1.165, 1.54) is 24.7 Å². The Morgan fingerprint density at radius 2 is 1.66 bits per heavy atom. The molecular formula is C20H25N5O7. The number of amides is 2. The number of aromatic nitrogens is 2. The van der Waals surface area contributed by atoms with Crippen molar-refractivity contribution in [3.05, 3.63) is 48.0 Å². The minimum Gasteiger partial charge on any atom is -0.508 e. The quantitative estimate of drug-likeness (QED) is 0.216. The van der Waals surface area contributed by atoms with E-state index in [2.05, 4.69) is 20.6 Å². The average Bonchev–Trinajstić information content (AvgIpc) is 3.24. The number of nitrogens with two attached hydrogens (primary N) is 1. The number of nitrogens with one attached hydrogen (secondary N) is 3. The van der Waals surface area contributed by atoms with Crippen molar-refractivity contribution < 1.29 is 34.5 Å². The molecule has 12 nitrogen and oxygen atoms in total. The smallest absolute Gasteiger partial charge is 0.326 e. The number of aromatic hydroxyl groups is 1. The van der Waals surface area contributed by atoms with Gasteiger partial charge in [-0.25, -0.2) is 9.78 Å². The zero-order chi connectivity index (χ0) is 23.7. The number of hydrogen-bond acceptors (Lipinski definition) is 7. The number of hydrogen-bond donors (Lipinski definition) is 7. The van der Waals surface area contributed by atoms with Crippen LogP contribution < -0.4 is 16.4 Å². The number of phenolic OH excluding ortho intramolecular Hbond substituents is 1. The van der Waals surface area contributed by atoms with Gasteiger partial charge in [-0.3, -0.25) is 14.4 Å². The van der Waals surface area contributed by atoms with Gasteiger partial charge in [0.1, 0.15) is 17.8 Å². The van der Waals surface area contributed by atoms with Gasteiger partial charge in [-0.2, -0.15) is 0 Å².